The van der Waals surface area contributed by atoms with Crippen molar-refractivity contribution < 1.29 is 9.59 Å². The van der Waals surface area contributed by atoms with Crippen LogP contribution < -0.4 is 10.6 Å². The molecule has 0 radical (unpaired) electrons. The quantitative estimate of drug-likeness (QED) is 0.778. The molecule has 2 aromatic heterocycles. The molecule has 8 nitrogen and oxygen atoms in total. The van der Waals surface area contributed by atoms with E-state index >= 15 is 0 Å². The lowest BCUT2D eigenvalue weighted by Crippen LogP contribution is -2.42. The zero-order valence-electron chi connectivity index (χ0n) is 16.0. The summed E-state index contributed by atoms with van der Waals surface area (Å²) in [5, 5.41) is 10.2. The molecular weight excluding hydrogens is 344 g/mol. The van der Waals surface area contributed by atoms with Gasteiger partial charge in [0.25, 0.3) is 5.91 Å². The lowest BCUT2D eigenvalue weighted by atomic mass is 10.1. The average Bonchev–Trinajstić information content (AvgIpc) is 3.18. The third-order valence-electron chi connectivity index (χ3n) is 4.79. The van der Waals surface area contributed by atoms with E-state index in [0.29, 0.717) is 37.3 Å². The van der Waals surface area contributed by atoms with Crippen LogP contribution in [0.4, 0.5) is 0 Å². The fraction of sp³-hybridized carbons (Fsp3) is 0.474. The number of carbonyl (C=O) groups is 2. The van der Waals surface area contributed by atoms with Gasteiger partial charge >= 0.3 is 0 Å². The van der Waals surface area contributed by atoms with E-state index in [2.05, 4.69) is 25.6 Å². The lowest BCUT2D eigenvalue weighted by Gasteiger charge is -2.23. The molecule has 2 atom stereocenters. The first-order valence-electron chi connectivity index (χ1n) is 9.19. The van der Waals surface area contributed by atoms with Crippen molar-refractivity contribution in [3.63, 3.8) is 0 Å². The summed E-state index contributed by atoms with van der Waals surface area (Å²) in [6.07, 6.45) is 5.80. The van der Waals surface area contributed by atoms with Crippen molar-refractivity contribution in [2.75, 3.05) is 13.1 Å². The number of likely N-dealkylation sites (tertiary alicyclic amines) is 1. The first-order valence-corrected chi connectivity index (χ1v) is 9.19. The molecule has 3 rings (SSSR count). The number of carbonyl (C=O) groups excluding carboxylic acids is 2. The van der Waals surface area contributed by atoms with Crippen molar-refractivity contribution in [3.8, 4) is 0 Å². The average molecular weight is 370 g/mol. The minimum atomic E-state index is -0.265. The van der Waals surface area contributed by atoms with Crippen LogP contribution in [0.3, 0.4) is 0 Å². The summed E-state index contributed by atoms with van der Waals surface area (Å²) in [5.74, 6) is -0.146. The third-order valence-corrected chi connectivity index (χ3v) is 4.79. The maximum Gasteiger partial charge on any atom is 0.255 e. The molecular formula is C19H26N6O2. The molecule has 2 unspecified atom stereocenters. The van der Waals surface area contributed by atoms with E-state index in [0.717, 1.165) is 5.56 Å². The molecule has 1 saturated heterocycles. The predicted octanol–water partition coefficient (Wildman–Crippen LogP) is 0.633. The fourth-order valence-electron chi connectivity index (χ4n) is 3.56. The van der Waals surface area contributed by atoms with E-state index in [-0.39, 0.29) is 23.9 Å². The second-order valence-corrected chi connectivity index (χ2v) is 6.90. The molecule has 27 heavy (non-hydrogen) atoms. The number of nitrogens with zero attached hydrogens (tertiary/aromatic N) is 4. The van der Waals surface area contributed by atoms with Gasteiger partial charge in [-0.25, -0.2) is 0 Å². The van der Waals surface area contributed by atoms with Gasteiger partial charge < -0.3 is 10.6 Å². The van der Waals surface area contributed by atoms with Crippen LogP contribution in [0.2, 0.25) is 0 Å². The Hall–Kier alpha value is -2.74. The van der Waals surface area contributed by atoms with Gasteiger partial charge in [-0.2, -0.15) is 5.10 Å². The molecule has 3 heterocycles. The van der Waals surface area contributed by atoms with Crippen LogP contribution in [0.15, 0.2) is 30.7 Å². The molecule has 1 aliphatic rings. The highest BCUT2D eigenvalue weighted by Gasteiger charge is 2.37. The number of hydrogen-bond donors (Lipinski definition) is 2. The minimum Gasteiger partial charge on any atom is -0.355 e. The number of pyridine rings is 1. The molecule has 2 amide bonds. The Kier molecular flexibility index (Phi) is 5.85. The molecule has 0 spiro atoms. The molecule has 1 aliphatic heterocycles. The molecule has 8 heteroatoms. The Morgan fingerprint density at radius 3 is 2.67 bits per heavy atom. The summed E-state index contributed by atoms with van der Waals surface area (Å²) in [7, 11) is 1.79. The van der Waals surface area contributed by atoms with Crippen LogP contribution in [0.1, 0.15) is 35.0 Å². The molecule has 0 bridgehead atoms. The predicted molar refractivity (Wildman–Crippen MR) is 101 cm³/mol. The van der Waals surface area contributed by atoms with Gasteiger partial charge in [0.05, 0.1) is 17.3 Å². The van der Waals surface area contributed by atoms with Crippen LogP contribution in [0, 0.1) is 6.92 Å². The van der Waals surface area contributed by atoms with Gasteiger partial charge in [0.1, 0.15) is 0 Å². The van der Waals surface area contributed by atoms with Crippen molar-refractivity contribution in [1.82, 2.24) is 30.3 Å². The van der Waals surface area contributed by atoms with Crippen LogP contribution in [-0.2, 0) is 18.4 Å². The van der Waals surface area contributed by atoms with Gasteiger partial charge in [0.15, 0.2) is 0 Å². The monoisotopic (exact) mass is 370 g/mol. The van der Waals surface area contributed by atoms with E-state index in [1.807, 2.05) is 26.0 Å². The van der Waals surface area contributed by atoms with E-state index in [1.54, 1.807) is 30.3 Å². The van der Waals surface area contributed by atoms with E-state index in [1.165, 1.54) is 0 Å². The number of aryl methyl sites for hydroxylation is 2. The van der Waals surface area contributed by atoms with Gasteiger partial charge in [0.2, 0.25) is 5.91 Å². The standard InChI is InChI=1S/C19H26N6O2/c1-4-21-19(27)17-9-15(11-25(17)10-14-5-7-20-8-6-14)22-18(26)16-12-24(3)23-13(16)2/h5-8,12,15,17H,4,9-11H2,1-3H3,(H,21,27)(H,22,26). The summed E-state index contributed by atoms with van der Waals surface area (Å²) in [5.41, 5.74) is 2.36. The van der Waals surface area contributed by atoms with Crippen LogP contribution in [-0.4, -0.2) is 56.7 Å². The zero-order chi connectivity index (χ0) is 19.4. The summed E-state index contributed by atoms with van der Waals surface area (Å²) in [4.78, 5) is 31.3. The van der Waals surface area contributed by atoms with E-state index < -0.39 is 0 Å². The smallest absolute Gasteiger partial charge is 0.255 e. The maximum absolute atomic E-state index is 12.6. The highest BCUT2D eigenvalue weighted by Crippen LogP contribution is 2.21. The SMILES string of the molecule is CCNC(=O)C1CC(NC(=O)c2cn(C)nc2C)CN1Cc1ccncc1. The zero-order valence-corrected chi connectivity index (χ0v) is 16.0. The van der Waals surface area contributed by atoms with Gasteiger partial charge in [0, 0.05) is 51.3 Å². The van der Waals surface area contributed by atoms with Crippen LogP contribution >= 0.6 is 0 Å². The first kappa shape index (κ1) is 19.0. The number of aromatic nitrogens is 3. The summed E-state index contributed by atoms with van der Waals surface area (Å²) >= 11 is 0. The van der Waals surface area contributed by atoms with Gasteiger partial charge in [-0.05, 0) is 38.0 Å². The highest BCUT2D eigenvalue weighted by molar-refractivity contribution is 5.95. The van der Waals surface area contributed by atoms with Gasteiger partial charge in [-0.15, -0.1) is 0 Å². The number of rotatable bonds is 6. The summed E-state index contributed by atoms with van der Waals surface area (Å²) in [6.45, 7) is 5.57. The third kappa shape index (κ3) is 4.51. The molecule has 144 valence electrons. The van der Waals surface area contributed by atoms with E-state index in [9.17, 15) is 9.59 Å². The highest BCUT2D eigenvalue weighted by atomic mass is 16.2. The summed E-state index contributed by atoms with van der Waals surface area (Å²) < 4.78 is 1.63. The van der Waals surface area contributed by atoms with Crippen molar-refractivity contribution in [2.24, 2.45) is 7.05 Å². The molecule has 2 N–H and O–H groups in total. The van der Waals surface area contributed by atoms with E-state index in [4.69, 9.17) is 0 Å². The molecule has 0 saturated carbocycles. The first-order chi connectivity index (χ1) is 13.0. The molecule has 1 fully saturated rings. The number of hydrogen-bond acceptors (Lipinski definition) is 5. The van der Waals surface area contributed by atoms with Crippen LogP contribution in [0.5, 0.6) is 0 Å². The Bertz CT molecular complexity index is 804. The van der Waals surface area contributed by atoms with Crippen molar-refractivity contribution in [1.29, 1.82) is 0 Å². The Morgan fingerprint density at radius 2 is 2.04 bits per heavy atom. The Morgan fingerprint density at radius 1 is 1.30 bits per heavy atom. The second-order valence-electron chi connectivity index (χ2n) is 6.90. The fourth-order valence-corrected chi connectivity index (χ4v) is 3.56. The molecule has 0 aromatic carbocycles. The molecule has 2 aromatic rings. The van der Waals surface area contributed by atoms with Crippen molar-refractivity contribution >= 4 is 11.8 Å². The number of nitrogens with one attached hydrogen (secondary N) is 2. The van der Waals surface area contributed by atoms with Crippen LogP contribution in [0.25, 0.3) is 0 Å². The number of amides is 2. The largest absolute Gasteiger partial charge is 0.355 e. The van der Waals surface area contributed by atoms with Crippen molar-refractivity contribution in [2.45, 2.75) is 38.9 Å². The Labute approximate surface area is 159 Å². The topological polar surface area (TPSA) is 92.2 Å². The van der Waals surface area contributed by atoms with Gasteiger partial charge in [-0.1, -0.05) is 0 Å². The van der Waals surface area contributed by atoms with Gasteiger partial charge in [-0.3, -0.25) is 24.2 Å². The molecule has 0 aliphatic carbocycles. The summed E-state index contributed by atoms with van der Waals surface area (Å²) in [6, 6.07) is 3.53. The second kappa shape index (κ2) is 8.30. The maximum atomic E-state index is 12.6. The lowest BCUT2D eigenvalue weighted by molar-refractivity contribution is -0.125. The normalized spacial score (nSPS) is 19.8. The van der Waals surface area contributed by atoms with Crippen molar-refractivity contribution in [3.05, 3.63) is 47.5 Å². The minimum absolute atomic E-state index is 0.000799. The number of likely N-dealkylation sites (N-methyl/N-ethyl adjacent to an activating group) is 1. The Balaban J connectivity index is 1.71.